The van der Waals surface area contributed by atoms with Crippen LogP contribution in [0.1, 0.15) is 5.56 Å². The van der Waals surface area contributed by atoms with Crippen LogP contribution in [0.25, 0.3) is 0 Å². The molecule has 1 aromatic heterocycles. The van der Waals surface area contributed by atoms with E-state index in [2.05, 4.69) is 4.98 Å². The van der Waals surface area contributed by atoms with E-state index in [-0.39, 0.29) is 0 Å². The van der Waals surface area contributed by atoms with Crippen LogP contribution in [0.15, 0.2) is 18.5 Å². The number of aryl methyl sites for hydroxylation is 1. The fourth-order valence-corrected chi connectivity index (χ4v) is 0.774. The van der Waals surface area contributed by atoms with E-state index in [1.165, 1.54) is 6.20 Å². The summed E-state index contributed by atoms with van der Waals surface area (Å²) in [5, 5.41) is 17.5. The minimum Gasteiger partial charge on any atom is -0.423 e. The lowest BCUT2D eigenvalue weighted by molar-refractivity contribution is 0.425. The standard InChI is InChI=1S/C6H8BNO2/c1-5-4-8-3-2-6(5)7(9)10/h2-4,9-10H,1H3. The van der Waals surface area contributed by atoms with Crippen molar-refractivity contribution in [2.75, 3.05) is 0 Å². The normalized spacial score (nSPS) is 9.50. The van der Waals surface area contributed by atoms with Gasteiger partial charge in [0.2, 0.25) is 0 Å². The molecule has 3 nitrogen and oxygen atoms in total. The highest BCUT2D eigenvalue weighted by Gasteiger charge is 2.12. The molecule has 0 spiro atoms. The molecule has 0 aliphatic carbocycles. The highest BCUT2D eigenvalue weighted by molar-refractivity contribution is 6.59. The summed E-state index contributed by atoms with van der Waals surface area (Å²) in [5.74, 6) is 0. The Bertz CT molecular complexity index is 227. The van der Waals surface area contributed by atoms with Crippen molar-refractivity contribution in [1.29, 1.82) is 0 Å². The lowest BCUT2D eigenvalue weighted by Gasteiger charge is -2.00. The molecule has 0 fully saturated rings. The average Bonchev–Trinajstić information content (AvgIpc) is 1.88. The van der Waals surface area contributed by atoms with Gasteiger partial charge in [0.05, 0.1) is 0 Å². The maximum absolute atomic E-state index is 8.73. The van der Waals surface area contributed by atoms with E-state index in [1.807, 2.05) is 0 Å². The summed E-state index contributed by atoms with van der Waals surface area (Å²) in [5.41, 5.74) is 1.30. The van der Waals surface area contributed by atoms with E-state index >= 15 is 0 Å². The number of hydrogen-bond acceptors (Lipinski definition) is 3. The molecule has 0 saturated heterocycles. The molecule has 0 atom stereocenters. The molecule has 10 heavy (non-hydrogen) atoms. The Hall–Kier alpha value is -0.865. The molecule has 0 bridgehead atoms. The van der Waals surface area contributed by atoms with Crippen molar-refractivity contribution < 1.29 is 10.0 Å². The fraction of sp³-hybridized carbons (Fsp3) is 0.167. The van der Waals surface area contributed by atoms with Crippen molar-refractivity contribution in [2.24, 2.45) is 0 Å². The molecule has 1 aromatic rings. The van der Waals surface area contributed by atoms with Gasteiger partial charge in [-0.15, -0.1) is 0 Å². The fourth-order valence-electron chi connectivity index (χ4n) is 0.774. The Kier molecular flexibility index (Phi) is 2.04. The topological polar surface area (TPSA) is 53.4 Å². The van der Waals surface area contributed by atoms with Gasteiger partial charge in [0.15, 0.2) is 0 Å². The first-order valence-electron chi connectivity index (χ1n) is 2.98. The SMILES string of the molecule is Cc1cnccc1B(O)O. The summed E-state index contributed by atoms with van der Waals surface area (Å²) in [6, 6.07) is 1.58. The van der Waals surface area contributed by atoms with Gasteiger partial charge < -0.3 is 10.0 Å². The quantitative estimate of drug-likeness (QED) is 0.491. The van der Waals surface area contributed by atoms with Gasteiger partial charge in [-0.2, -0.15) is 0 Å². The predicted octanol–water partition coefficient (Wildman–Crippen LogP) is -0.930. The van der Waals surface area contributed by atoms with Gasteiger partial charge >= 0.3 is 7.12 Å². The number of rotatable bonds is 1. The third kappa shape index (κ3) is 1.34. The molecule has 2 N–H and O–H groups in total. The van der Waals surface area contributed by atoms with Crippen LogP contribution in [0.5, 0.6) is 0 Å². The summed E-state index contributed by atoms with van der Waals surface area (Å²) in [6.45, 7) is 1.78. The van der Waals surface area contributed by atoms with Gasteiger partial charge in [-0.05, 0) is 24.0 Å². The molecule has 0 unspecified atom stereocenters. The summed E-state index contributed by atoms with van der Waals surface area (Å²) >= 11 is 0. The molecule has 0 aromatic carbocycles. The zero-order chi connectivity index (χ0) is 7.56. The smallest absolute Gasteiger partial charge is 0.423 e. The number of hydrogen-bond donors (Lipinski definition) is 2. The van der Waals surface area contributed by atoms with E-state index in [4.69, 9.17) is 10.0 Å². The Morgan fingerprint density at radius 2 is 2.20 bits per heavy atom. The Labute approximate surface area is 59.5 Å². The zero-order valence-corrected chi connectivity index (χ0v) is 5.65. The van der Waals surface area contributed by atoms with Crippen molar-refractivity contribution in [2.45, 2.75) is 6.92 Å². The third-order valence-electron chi connectivity index (χ3n) is 1.34. The van der Waals surface area contributed by atoms with Crippen molar-refractivity contribution in [3.8, 4) is 0 Å². The Balaban J connectivity index is 3.03. The lowest BCUT2D eigenvalue weighted by Crippen LogP contribution is -2.31. The number of aromatic nitrogens is 1. The van der Waals surface area contributed by atoms with E-state index < -0.39 is 7.12 Å². The minimum atomic E-state index is -1.39. The second-order valence-corrected chi connectivity index (χ2v) is 2.11. The van der Waals surface area contributed by atoms with E-state index in [9.17, 15) is 0 Å². The zero-order valence-electron chi connectivity index (χ0n) is 5.65. The molecule has 1 rings (SSSR count). The Morgan fingerprint density at radius 1 is 1.50 bits per heavy atom. The molecule has 0 aliphatic rings. The van der Waals surface area contributed by atoms with Crippen LogP contribution in [0.3, 0.4) is 0 Å². The van der Waals surface area contributed by atoms with Crippen molar-refractivity contribution >= 4 is 12.6 Å². The number of nitrogens with zero attached hydrogens (tertiary/aromatic N) is 1. The van der Waals surface area contributed by atoms with Crippen LogP contribution >= 0.6 is 0 Å². The van der Waals surface area contributed by atoms with Crippen molar-refractivity contribution in [1.82, 2.24) is 4.98 Å². The second kappa shape index (κ2) is 2.81. The predicted molar refractivity (Wildman–Crippen MR) is 38.8 cm³/mol. The number of pyridine rings is 1. The summed E-state index contributed by atoms with van der Waals surface area (Å²) in [4.78, 5) is 3.81. The summed E-state index contributed by atoms with van der Waals surface area (Å²) in [6.07, 6.45) is 3.12. The molecular formula is C6H8BNO2. The second-order valence-electron chi connectivity index (χ2n) is 2.11. The van der Waals surface area contributed by atoms with Crippen LogP contribution in [-0.4, -0.2) is 22.2 Å². The van der Waals surface area contributed by atoms with Gasteiger partial charge in [-0.1, -0.05) is 0 Å². The lowest BCUT2D eigenvalue weighted by atomic mass is 9.78. The molecule has 0 aliphatic heterocycles. The summed E-state index contributed by atoms with van der Waals surface area (Å²) in [7, 11) is -1.39. The van der Waals surface area contributed by atoms with Crippen LogP contribution in [0, 0.1) is 6.92 Å². The highest BCUT2D eigenvalue weighted by Crippen LogP contribution is 1.89. The van der Waals surface area contributed by atoms with Gasteiger partial charge in [0, 0.05) is 12.4 Å². The molecule has 0 radical (unpaired) electrons. The molecular weight excluding hydrogens is 129 g/mol. The van der Waals surface area contributed by atoms with Crippen LogP contribution in [0.2, 0.25) is 0 Å². The molecule has 52 valence electrons. The first-order chi connectivity index (χ1) is 4.72. The molecule has 4 heteroatoms. The first-order valence-corrected chi connectivity index (χ1v) is 2.98. The van der Waals surface area contributed by atoms with Crippen LogP contribution in [0.4, 0.5) is 0 Å². The minimum absolute atomic E-state index is 0.509. The maximum Gasteiger partial charge on any atom is 0.488 e. The van der Waals surface area contributed by atoms with Crippen LogP contribution < -0.4 is 5.46 Å². The van der Waals surface area contributed by atoms with E-state index in [0.29, 0.717) is 5.46 Å². The van der Waals surface area contributed by atoms with Crippen molar-refractivity contribution in [3.05, 3.63) is 24.0 Å². The average molecular weight is 137 g/mol. The third-order valence-corrected chi connectivity index (χ3v) is 1.34. The molecule has 0 saturated carbocycles. The van der Waals surface area contributed by atoms with Gasteiger partial charge in [0.1, 0.15) is 0 Å². The van der Waals surface area contributed by atoms with Crippen molar-refractivity contribution in [3.63, 3.8) is 0 Å². The molecule has 1 heterocycles. The van der Waals surface area contributed by atoms with Crippen LogP contribution in [-0.2, 0) is 0 Å². The van der Waals surface area contributed by atoms with E-state index in [1.54, 1.807) is 19.2 Å². The first kappa shape index (κ1) is 7.24. The van der Waals surface area contributed by atoms with Gasteiger partial charge in [-0.25, -0.2) is 0 Å². The highest BCUT2D eigenvalue weighted by atomic mass is 16.4. The summed E-state index contributed by atoms with van der Waals surface area (Å²) < 4.78 is 0. The Morgan fingerprint density at radius 3 is 2.60 bits per heavy atom. The maximum atomic E-state index is 8.73. The van der Waals surface area contributed by atoms with Gasteiger partial charge in [0.25, 0.3) is 0 Å². The monoisotopic (exact) mass is 137 g/mol. The largest absolute Gasteiger partial charge is 0.488 e. The van der Waals surface area contributed by atoms with Gasteiger partial charge in [-0.3, -0.25) is 4.98 Å². The molecule has 0 amide bonds. The van der Waals surface area contributed by atoms with E-state index in [0.717, 1.165) is 5.56 Å².